The molecule has 0 aliphatic heterocycles. The van der Waals surface area contributed by atoms with Crippen LogP contribution in [0.25, 0.3) is 77.5 Å². The molecule has 0 amide bonds. The molecule has 0 atom stereocenters. The van der Waals surface area contributed by atoms with Gasteiger partial charge >= 0.3 is 0 Å². The van der Waals surface area contributed by atoms with Crippen molar-refractivity contribution in [2.24, 2.45) is 0 Å². The number of fused-ring (bicyclic) bond motifs is 4. The summed E-state index contributed by atoms with van der Waals surface area (Å²) in [5, 5.41) is 15.1. The molecule has 9 rings (SSSR count). The summed E-state index contributed by atoms with van der Waals surface area (Å²) in [4.78, 5) is 28.8. The lowest BCUT2D eigenvalue weighted by Crippen LogP contribution is -2.00. The van der Waals surface area contributed by atoms with E-state index in [1.54, 1.807) is 6.07 Å². The molecule has 7 nitrogen and oxygen atoms in total. The molecule has 234 valence electrons. The van der Waals surface area contributed by atoms with Crippen molar-refractivity contribution in [1.29, 1.82) is 0 Å². The first-order valence-electron chi connectivity index (χ1n) is 16.0. The molecule has 0 unspecified atom stereocenters. The molecule has 0 bridgehead atoms. The highest BCUT2D eigenvalue weighted by atomic mass is 16.5. The average molecular weight is 637 g/mol. The number of aromatic hydroxyl groups is 1. The summed E-state index contributed by atoms with van der Waals surface area (Å²) in [5.74, 6) is 2.00. The number of benzene rings is 7. The zero-order valence-electron chi connectivity index (χ0n) is 26.1. The van der Waals surface area contributed by atoms with Crippen LogP contribution in [0.4, 0.5) is 0 Å². The number of phenols is 1. The number of aldehydes is 1. The van der Waals surface area contributed by atoms with Gasteiger partial charge in [-0.1, -0.05) is 78.9 Å². The van der Waals surface area contributed by atoms with Crippen molar-refractivity contribution in [2.75, 3.05) is 0 Å². The van der Waals surface area contributed by atoms with Crippen LogP contribution in [-0.4, -0.2) is 31.3 Å². The molecule has 0 saturated carbocycles. The Morgan fingerprint density at radius 1 is 0.612 bits per heavy atom. The molecule has 0 saturated heterocycles. The number of ether oxygens (including phenoxy) is 1. The number of aromatic nitrogens is 4. The molecule has 0 aliphatic carbocycles. The monoisotopic (exact) mass is 636 g/mol. The van der Waals surface area contributed by atoms with Crippen LogP contribution in [0.1, 0.15) is 15.9 Å². The van der Waals surface area contributed by atoms with Crippen molar-refractivity contribution in [2.45, 2.75) is 6.61 Å². The molecular weight excluding hydrogens is 608 g/mol. The van der Waals surface area contributed by atoms with E-state index in [9.17, 15) is 9.90 Å². The fourth-order valence-electron chi connectivity index (χ4n) is 6.72. The molecule has 3 N–H and O–H groups in total. The van der Waals surface area contributed by atoms with Crippen LogP contribution in [0.2, 0.25) is 0 Å². The number of hydrogen-bond donors (Lipinski definition) is 3. The van der Waals surface area contributed by atoms with E-state index < -0.39 is 0 Å². The van der Waals surface area contributed by atoms with E-state index in [2.05, 4.69) is 28.2 Å². The van der Waals surface area contributed by atoms with Gasteiger partial charge in [0.1, 0.15) is 29.8 Å². The number of phenolic OH excluding ortho intramolecular Hbond substituents is 1. The van der Waals surface area contributed by atoms with Gasteiger partial charge in [-0.25, -0.2) is 9.97 Å². The number of H-pyrrole nitrogens is 2. The highest BCUT2D eigenvalue weighted by Gasteiger charge is 2.21. The van der Waals surface area contributed by atoms with Gasteiger partial charge in [-0.2, -0.15) is 0 Å². The molecule has 0 spiro atoms. The average Bonchev–Trinajstić information content (AvgIpc) is 3.79. The quantitative estimate of drug-likeness (QED) is 0.151. The third-order valence-electron chi connectivity index (χ3n) is 9.03. The Morgan fingerprint density at radius 3 is 1.82 bits per heavy atom. The Hall–Kier alpha value is -6.73. The normalized spacial score (nSPS) is 11.5. The fraction of sp³-hybridized carbons (Fsp3) is 0.0238. The molecule has 49 heavy (non-hydrogen) atoms. The minimum absolute atomic E-state index is 0.0750. The van der Waals surface area contributed by atoms with Gasteiger partial charge < -0.3 is 19.8 Å². The first kappa shape index (κ1) is 28.5. The predicted octanol–water partition coefficient (Wildman–Crippen LogP) is 9.84. The van der Waals surface area contributed by atoms with Crippen LogP contribution in [0, 0.1) is 0 Å². The summed E-state index contributed by atoms with van der Waals surface area (Å²) in [5.41, 5.74) is 7.88. The van der Waals surface area contributed by atoms with Crippen molar-refractivity contribution in [1.82, 2.24) is 19.9 Å². The van der Waals surface area contributed by atoms with Gasteiger partial charge in [-0.3, -0.25) is 4.79 Å². The minimum Gasteiger partial charge on any atom is -0.507 e. The van der Waals surface area contributed by atoms with Gasteiger partial charge in [0.05, 0.1) is 27.6 Å². The Bertz CT molecular complexity index is 2570. The molecule has 2 aromatic heterocycles. The van der Waals surface area contributed by atoms with Crippen LogP contribution in [0.5, 0.6) is 11.5 Å². The van der Waals surface area contributed by atoms with E-state index in [4.69, 9.17) is 14.7 Å². The van der Waals surface area contributed by atoms with Crippen molar-refractivity contribution in [3.05, 3.63) is 145 Å². The zero-order chi connectivity index (χ0) is 32.9. The van der Waals surface area contributed by atoms with E-state index in [-0.39, 0.29) is 17.9 Å². The third kappa shape index (κ3) is 4.96. The minimum atomic E-state index is -0.0750. The van der Waals surface area contributed by atoms with Crippen molar-refractivity contribution in [3.8, 4) is 45.4 Å². The number of aromatic amines is 2. The Balaban J connectivity index is 1.19. The maximum atomic E-state index is 12.1. The third-order valence-corrected chi connectivity index (χ3v) is 9.03. The number of carbonyl (C=O) groups is 1. The summed E-state index contributed by atoms with van der Waals surface area (Å²) in [7, 11) is 0. The summed E-state index contributed by atoms with van der Waals surface area (Å²) in [6.45, 7) is 0.221. The van der Waals surface area contributed by atoms with Crippen molar-refractivity contribution < 1.29 is 14.6 Å². The van der Waals surface area contributed by atoms with E-state index >= 15 is 0 Å². The predicted molar refractivity (Wildman–Crippen MR) is 195 cm³/mol. The molecule has 0 fully saturated rings. The van der Waals surface area contributed by atoms with Crippen LogP contribution >= 0.6 is 0 Å². The second kappa shape index (κ2) is 11.5. The molecule has 7 heteroatoms. The summed E-state index contributed by atoms with van der Waals surface area (Å²) >= 11 is 0. The first-order valence-corrected chi connectivity index (χ1v) is 16.0. The lowest BCUT2D eigenvalue weighted by molar-refractivity contribution is 0.112. The van der Waals surface area contributed by atoms with Crippen molar-refractivity contribution in [3.63, 3.8) is 0 Å². The highest BCUT2D eigenvalue weighted by molar-refractivity contribution is 6.12. The standard InChI is InChI=1S/C42H28N4O3/c47-23-30-21-27-10-2-4-12-32(27)39(40(30)48)38-31-11-3-1-9-26(31)17-18-37(38)49-24-25-19-28(41-43-33-13-5-6-14-34(33)44-41)22-29(20-25)42-45-35-15-7-8-16-36(35)46-42/h1-23,48H,24H2,(H,43,44)(H,45,46). The topological polar surface area (TPSA) is 104 Å². The summed E-state index contributed by atoms with van der Waals surface area (Å²) < 4.78 is 6.70. The second-order valence-corrected chi connectivity index (χ2v) is 12.1. The molecule has 2 heterocycles. The van der Waals surface area contributed by atoms with Gasteiger partial charge in [0.25, 0.3) is 0 Å². The van der Waals surface area contributed by atoms with Crippen molar-refractivity contribution >= 4 is 49.9 Å². The number of rotatable bonds is 7. The van der Waals surface area contributed by atoms with Gasteiger partial charge in [0, 0.05) is 22.3 Å². The fourth-order valence-corrected chi connectivity index (χ4v) is 6.72. The SMILES string of the molecule is O=Cc1cc2ccccc2c(-c2c(OCc3cc(-c4nc5ccccc5[nH]4)cc(-c4nc5ccccc5[nH]4)c3)ccc3ccccc23)c1O. The van der Waals surface area contributed by atoms with E-state index in [1.165, 1.54) is 0 Å². The Morgan fingerprint density at radius 2 is 1.18 bits per heavy atom. The number of nitrogens with zero attached hydrogens (tertiary/aromatic N) is 2. The number of carbonyl (C=O) groups excluding carboxylic acids is 1. The molecular formula is C42H28N4O3. The summed E-state index contributed by atoms with van der Waals surface area (Å²) in [6, 6.07) is 43.6. The number of imidazole rings is 2. The summed E-state index contributed by atoms with van der Waals surface area (Å²) in [6.07, 6.45) is 0.695. The highest BCUT2D eigenvalue weighted by Crippen LogP contribution is 2.46. The lowest BCUT2D eigenvalue weighted by Gasteiger charge is -2.19. The smallest absolute Gasteiger partial charge is 0.153 e. The van der Waals surface area contributed by atoms with E-state index in [0.717, 1.165) is 77.5 Å². The van der Waals surface area contributed by atoms with Crippen LogP contribution in [0.3, 0.4) is 0 Å². The van der Waals surface area contributed by atoms with Gasteiger partial charge in [-0.05, 0) is 81.7 Å². The zero-order valence-corrected chi connectivity index (χ0v) is 26.1. The largest absolute Gasteiger partial charge is 0.507 e. The number of para-hydroxylation sites is 4. The van der Waals surface area contributed by atoms with Gasteiger partial charge in [-0.15, -0.1) is 0 Å². The number of hydrogen-bond acceptors (Lipinski definition) is 5. The molecule has 9 aromatic rings. The van der Waals surface area contributed by atoms with Gasteiger partial charge in [0.2, 0.25) is 0 Å². The molecule has 7 aromatic carbocycles. The second-order valence-electron chi connectivity index (χ2n) is 12.1. The molecule has 0 aliphatic rings. The Labute approximate surface area is 280 Å². The van der Waals surface area contributed by atoms with Crippen LogP contribution < -0.4 is 4.74 Å². The lowest BCUT2D eigenvalue weighted by atomic mass is 9.90. The van der Waals surface area contributed by atoms with Crippen LogP contribution in [0.15, 0.2) is 133 Å². The number of nitrogens with one attached hydrogen (secondary N) is 2. The molecule has 0 radical (unpaired) electrons. The Kier molecular flexibility index (Phi) is 6.69. The maximum absolute atomic E-state index is 12.1. The van der Waals surface area contributed by atoms with Crippen LogP contribution in [-0.2, 0) is 6.61 Å². The van der Waals surface area contributed by atoms with E-state index in [0.29, 0.717) is 17.6 Å². The van der Waals surface area contributed by atoms with E-state index in [1.807, 2.05) is 109 Å². The van der Waals surface area contributed by atoms with Gasteiger partial charge in [0.15, 0.2) is 6.29 Å². The first-order chi connectivity index (χ1) is 24.1. The maximum Gasteiger partial charge on any atom is 0.153 e.